The number of carbonyl (C=O) groups is 2. The number of hydrogen-bond donors (Lipinski definition) is 1. The number of amides is 1. The van der Waals surface area contributed by atoms with E-state index in [9.17, 15) is 9.59 Å². The third-order valence-electron chi connectivity index (χ3n) is 0.775. The average Bonchev–Trinajstić information content (AvgIpc) is 1.63. The van der Waals surface area contributed by atoms with Crippen LogP contribution in [-0.2, 0) is 9.59 Å². The SMILES string of the molecule is CC(=O)CC(Cl)C(N)=O. The van der Waals surface area contributed by atoms with Crippen LogP contribution in [0.2, 0.25) is 0 Å². The van der Waals surface area contributed by atoms with Crippen molar-refractivity contribution in [1.82, 2.24) is 0 Å². The van der Waals surface area contributed by atoms with Gasteiger partial charge in [0.1, 0.15) is 11.2 Å². The molecule has 52 valence electrons. The molecule has 0 aliphatic carbocycles. The molecule has 0 fully saturated rings. The number of rotatable bonds is 3. The number of carbonyl (C=O) groups excluding carboxylic acids is 2. The van der Waals surface area contributed by atoms with E-state index in [4.69, 9.17) is 17.3 Å². The summed E-state index contributed by atoms with van der Waals surface area (Å²) in [4.78, 5) is 20.4. The molecule has 0 aromatic heterocycles. The van der Waals surface area contributed by atoms with Gasteiger partial charge in [0.2, 0.25) is 5.91 Å². The van der Waals surface area contributed by atoms with E-state index in [1.165, 1.54) is 6.92 Å². The Morgan fingerprint density at radius 1 is 1.67 bits per heavy atom. The molecule has 1 atom stereocenters. The van der Waals surface area contributed by atoms with E-state index in [0.717, 1.165) is 0 Å². The van der Waals surface area contributed by atoms with E-state index in [-0.39, 0.29) is 12.2 Å². The Labute approximate surface area is 58.2 Å². The van der Waals surface area contributed by atoms with Gasteiger partial charge in [-0.2, -0.15) is 0 Å². The summed E-state index contributed by atoms with van der Waals surface area (Å²) in [6, 6.07) is 0. The molecule has 1 unspecified atom stereocenters. The number of Topliss-reactive ketones (excluding diaryl/α,β-unsaturated/α-hetero) is 1. The van der Waals surface area contributed by atoms with Crippen LogP contribution in [0.4, 0.5) is 0 Å². The van der Waals surface area contributed by atoms with E-state index >= 15 is 0 Å². The molecule has 0 aliphatic rings. The van der Waals surface area contributed by atoms with Crippen molar-refractivity contribution in [2.75, 3.05) is 0 Å². The highest BCUT2D eigenvalue weighted by molar-refractivity contribution is 6.31. The lowest BCUT2D eigenvalue weighted by atomic mass is 10.2. The predicted molar refractivity (Wildman–Crippen MR) is 34.1 cm³/mol. The smallest absolute Gasteiger partial charge is 0.235 e. The Bertz CT molecular complexity index is 135. The largest absolute Gasteiger partial charge is 0.368 e. The van der Waals surface area contributed by atoms with Gasteiger partial charge in [0, 0.05) is 6.42 Å². The van der Waals surface area contributed by atoms with Gasteiger partial charge in [-0.15, -0.1) is 11.6 Å². The maximum absolute atomic E-state index is 10.3. The number of hydrogen-bond acceptors (Lipinski definition) is 2. The van der Waals surface area contributed by atoms with Crippen LogP contribution in [0.3, 0.4) is 0 Å². The molecule has 0 radical (unpaired) electrons. The second-order valence-electron chi connectivity index (χ2n) is 1.78. The maximum Gasteiger partial charge on any atom is 0.235 e. The Balaban J connectivity index is 3.63. The van der Waals surface area contributed by atoms with Crippen molar-refractivity contribution in [3.8, 4) is 0 Å². The van der Waals surface area contributed by atoms with Crippen molar-refractivity contribution in [2.45, 2.75) is 18.7 Å². The first-order chi connectivity index (χ1) is 4.04. The molecule has 0 spiro atoms. The normalized spacial score (nSPS) is 12.7. The minimum absolute atomic E-state index is 0.0247. The van der Waals surface area contributed by atoms with Crippen LogP contribution in [0.25, 0.3) is 0 Å². The Morgan fingerprint density at radius 2 is 2.11 bits per heavy atom. The molecule has 4 heteroatoms. The summed E-state index contributed by atoms with van der Waals surface area (Å²) in [6.45, 7) is 1.36. The van der Waals surface area contributed by atoms with E-state index in [0.29, 0.717) is 0 Å². The third kappa shape index (κ3) is 3.97. The molecule has 0 rings (SSSR count). The van der Waals surface area contributed by atoms with Crippen molar-refractivity contribution in [3.63, 3.8) is 0 Å². The van der Waals surface area contributed by atoms with Crippen molar-refractivity contribution in [2.24, 2.45) is 5.73 Å². The first kappa shape index (κ1) is 8.43. The zero-order valence-electron chi connectivity index (χ0n) is 5.06. The summed E-state index contributed by atoms with van der Waals surface area (Å²) in [5.74, 6) is -0.777. The average molecular weight is 150 g/mol. The molecule has 0 saturated heterocycles. The molecule has 0 saturated carbocycles. The molecule has 0 heterocycles. The fourth-order valence-corrected chi connectivity index (χ4v) is 0.570. The Morgan fingerprint density at radius 3 is 2.22 bits per heavy atom. The van der Waals surface area contributed by atoms with Gasteiger partial charge in [0.05, 0.1) is 0 Å². The molecule has 0 aromatic carbocycles. The topological polar surface area (TPSA) is 60.2 Å². The van der Waals surface area contributed by atoms with Gasteiger partial charge >= 0.3 is 0 Å². The minimum Gasteiger partial charge on any atom is -0.368 e. The van der Waals surface area contributed by atoms with E-state index < -0.39 is 11.3 Å². The minimum atomic E-state index is -0.845. The first-order valence-electron chi connectivity index (χ1n) is 2.47. The quantitative estimate of drug-likeness (QED) is 0.577. The molecule has 0 aliphatic heterocycles. The monoisotopic (exact) mass is 149 g/mol. The predicted octanol–water partition coefficient (Wildman–Crippen LogP) is 0.0582. The van der Waals surface area contributed by atoms with Gasteiger partial charge in [-0.1, -0.05) is 0 Å². The lowest BCUT2D eigenvalue weighted by Crippen LogP contribution is -2.25. The zero-order chi connectivity index (χ0) is 7.44. The zero-order valence-corrected chi connectivity index (χ0v) is 5.81. The van der Waals surface area contributed by atoms with Gasteiger partial charge in [-0.25, -0.2) is 0 Å². The molecule has 3 nitrogen and oxygen atoms in total. The maximum atomic E-state index is 10.3. The van der Waals surface area contributed by atoms with Gasteiger partial charge in [0.25, 0.3) is 0 Å². The highest BCUT2D eigenvalue weighted by Crippen LogP contribution is 2.00. The van der Waals surface area contributed by atoms with Crippen molar-refractivity contribution in [1.29, 1.82) is 0 Å². The molecular weight excluding hydrogens is 142 g/mol. The van der Waals surface area contributed by atoms with Crippen LogP contribution in [-0.4, -0.2) is 17.1 Å². The lowest BCUT2D eigenvalue weighted by Gasteiger charge is -1.98. The van der Waals surface area contributed by atoms with E-state index in [2.05, 4.69) is 0 Å². The fraction of sp³-hybridized carbons (Fsp3) is 0.600. The second kappa shape index (κ2) is 3.45. The fourth-order valence-electron chi connectivity index (χ4n) is 0.353. The van der Waals surface area contributed by atoms with Crippen LogP contribution in [0.5, 0.6) is 0 Å². The Hall–Kier alpha value is -0.570. The van der Waals surface area contributed by atoms with E-state index in [1.54, 1.807) is 0 Å². The van der Waals surface area contributed by atoms with Gasteiger partial charge in [-0.05, 0) is 6.92 Å². The molecule has 1 amide bonds. The molecular formula is C5H8ClNO2. The van der Waals surface area contributed by atoms with Crippen molar-refractivity contribution < 1.29 is 9.59 Å². The Kier molecular flexibility index (Phi) is 3.24. The summed E-state index contributed by atoms with van der Waals surface area (Å²) in [7, 11) is 0. The molecule has 2 N–H and O–H groups in total. The summed E-state index contributed by atoms with van der Waals surface area (Å²) >= 11 is 5.32. The van der Waals surface area contributed by atoms with Crippen molar-refractivity contribution >= 4 is 23.3 Å². The van der Waals surface area contributed by atoms with Crippen LogP contribution >= 0.6 is 11.6 Å². The van der Waals surface area contributed by atoms with Gasteiger partial charge in [-0.3, -0.25) is 9.59 Å². The number of halogens is 1. The van der Waals surface area contributed by atoms with Gasteiger partial charge < -0.3 is 5.73 Å². The summed E-state index contributed by atoms with van der Waals surface area (Å²) in [5.41, 5.74) is 4.76. The number of ketones is 1. The second-order valence-corrected chi connectivity index (χ2v) is 2.30. The molecule has 0 bridgehead atoms. The highest BCUT2D eigenvalue weighted by atomic mass is 35.5. The summed E-state index contributed by atoms with van der Waals surface area (Å²) in [6.07, 6.45) is 0.0247. The number of alkyl halides is 1. The molecule has 0 aromatic rings. The highest BCUT2D eigenvalue weighted by Gasteiger charge is 2.12. The standard InChI is InChI=1S/C5H8ClNO2/c1-3(8)2-4(6)5(7)9/h4H,2H2,1H3,(H2,7,9). The van der Waals surface area contributed by atoms with Crippen LogP contribution < -0.4 is 5.73 Å². The molecule has 9 heavy (non-hydrogen) atoms. The summed E-state index contributed by atoms with van der Waals surface area (Å²) in [5, 5.41) is -0.845. The summed E-state index contributed by atoms with van der Waals surface area (Å²) < 4.78 is 0. The van der Waals surface area contributed by atoms with Crippen molar-refractivity contribution in [3.05, 3.63) is 0 Å². The first-order valence-corrected chi connectivity index (χ1v) is 2.90. The van der Waals surface area contributed by atoms with Crippen LogP contribution in [0, 0.1) is 0 Å². The number of primary amides is 1. The van der Waals surface area contributed by atoms with Crippen LogP contribution in [0.1, 0.15) is 13.3 Å². The van der Waals surface area contributed by atoms with Gasteiger partial charge in [0.15, 0.2) is 0 Å². The number of nitrogens with two attached hydrogens (primary N) is 1. The lowest BCUT2D eigenvalue weighted by molar-refractivity contribution is -0.122. The van der Waals surface area contributed by atoms with Crippen LogP contribution in [0.15, 0.2) is 0 Å². The van der Waals surface area contributed by atoms with E-state index in [1.807, 2.05) is 0 Å². The third-order valence-corrected chi connectivity index (χ3v) is 1.14.